The molecule has 0 radical (unpaired) electrons. The minimum atomic E-state index is -2.82. The van der Waals surface area contributed by atoms with Crippen LogP contribution in [0.4, 0.5) is 14.6 Å². The van der Waals surface area contributed by atoms with E-state index in [2.05, 4.69) is 15.3 Å². The lowest BCUT2D eigenvalue weighted by molar-refractivity contribution is -0.116. The summed E-state index contributed by atoms with van der Waals surface area (Å²) in [5.41, 5.74) is 8.72. The SMILES string of the molecule is Nc1ccc(/C=C/C(=O)NCC2Cc3cc(-c4ccc(C(=O)N5CC(F)(F)C5)cn4)cc(Cl)c3O2)cn1. The molecule has 1 atom stereocenters. The molecule has 1 saturated heterocycles. The van der Waals surface area contributed by atoms with Gasteiger partial charge < -0.3 is 20.7 Å². The number of fused-ring (bicyclic) bond motifs is 1. The fourth-order valence-electron chi connectivity index (χ4n) is 4.14. The van der Waals surface area contributed by atoms with Gasteiger partial charge in [0, 0.05) is 36.0 Å². The molecule has 37 heavy (non-hydrogen) atoms. The number of alkyl halides is 2. The van der Waals surface area contributed by atoms with Crippen LogP contribution in [-0.2, 0) is 11.2 Å². The molecule has 11 heteroatoms. The van der Waals surface area contributed by atoms with E-state index in [0.29, 0.717) is 28.7 Å². The molecule has 1 aromatic carbocycles. The normalized spacial score (nSPS) is 17.7. The summed E-state index contributed by atoms with van der Waals surface area (Å²) < 4.78 is 32.1. The first-order valence-corrected chi connectivity index (χ1v) is 11.8. The zero-order valence-corrected chi connectivity index (χ0v) is 20.2. The first-order valence-electron chi connectivity index (χ1n) is 11.5. The van der Waals surface area contributed by atoms with Gasteiger partial charge in [0.2, 0.25) is 5.91 Å². The average Bonchev–Trinajstić information content (AvgIpc) is 3.29. The fraction of sp³-hybridized carbons (Fsp3) is 0.231. The van der Waals surface area contributed by atoms with Crippen LogP contribution in [0.1, 0.15) is 21.5 Å². The molecule has 0 aliphatic carbocycles. The summed E-state index contributed by atoms with van der Waals surface area (Å²) in [5.74, 6) is -2.61. The number of nitrogens with zero attached hydrogens (tertiary/aromatic N) is 3. The van der Waals surface area contributed by atoms with Crippen LogP contribution in [0.5, 0.6) is 5.75 Å². The van der Waals surface area contributed by atoms with Crippen molar-refractivity contribution in [1.29, 1.82) is 0 Å². The molecule has 2 aromatic heterocycles. The fourth-order valence-corrected chi connectivity index (χ4v) is 4.42. The van der Waals surface area contributed by atoms with Gasteiger partial charge in [-0.2, -0.15) is 0 Å². The standard InChI is InChI=1S/C26H22ClF2N5O3/c27-20-9-17(21-4-3-16(11-31-21)25(36)34-13-26(28,29)14-34)7-18-8-19(37-24(18)20)12-33-23(35)6-2-15-1-5-22(30)32-10-15/h1-7,9-11,19H,8,12-14H2,(H2,30,32)(H,33,35)/b6-2+. The molecule has 2 amide bonds. The van der Waals surface area contributed by atoms with E-state index >= 15 is 0 Å². The predicted molar refractivity (Wildman–Crippen MR) is 134 cm³/mol. The number of pyridine rings is 2. The van der Waals surface area contributed by atoms with E-state index in [1.54, 1.807) is 42.6 Å². The van der Waals surface area contributed by atoms with Gasteiger partial charge in [-0.05, 0) is 48.0 Å². The van der Waals surface area contributed by atoms with Gasteiger partial charge in [-0.3, -0.25) is 14.6 Å². The number of carbonyl (C=O) groups is 2. The van der Waals surface area contributed by atoms with Crippen molar-refractivity contribution in [2.75, 3.05) is 25.4 Å². The molecule has 2 aliphatic rings. The number of amides is 2. The van der Waals surface area contributed by atoms with Crippen LogP contribution in [0, 0.1) is 0 Å². The number of nitrogens with two attached hydrogens (primary N) is 1. The molecule has 190 valence electrons. The summed E-state index contributed by atoms with van der Waals surface area (Å²) in [6, 6.07) is 10.2. The number of nitrogens with one attached hydrogen (secondary N) is 1. The van der Waals surface area contributed by atoms with Gasteiger partial charge >= 0.3 is 0 Å². The Morgan fingerprint density at radius 3 is 2.68 bits per heavy atom. The van der Waals surface area contributed by atoms with Crippen molar-refractivity contribution in [2.45, 2.75) is 18.4 Å². The molecule has 0 bridgehead atoms. The van der Waals surface area contributed by atoms with E-state index < -0.39 is 24.9 Å². The van der Waals surface area contributed by atoms with Crippen LogP contribution >= 0.6 is 11.6 Å². The van der Waals surface area contributed by atoms with Gasteiger partial charge in [-0.25, -0.2) is 13.8 Å². The zero-order chi connectivity index (χ0) is 26.2. The van der Waals surface area contributed by atoms with E-state index in [1.807, 2.05) is 6.07 Å². The Balaban J connectivity index is 1.19. The van der Waals surface area contributed by atoms with Crippen molar-refractivity contribution in [3.63, 3.8) is 0 Å². The first kappa shape index (κ1) is 24.6. The maximum Gasteiger partial charge on any atom is 0.282 e. The molecule has 2 aliphatic heterocycles. The van der Waals surface area contributed by atoms with Gasteiger partial charge in [0.25, 0.3) is 11.8 Å². The number of anilines is 1. The predicted octanol–water partition coefficient (Wildman–Crippen LogP) is 3.60. The Hall–Kier alpha value is -4.05. The molecule has 3 aromatic rings. The monoisotopic (exact) mass is 525 g/mol. The number of rotatable bonds is 6. The topological polar surface area (TPSA) is 110 Å². The van der Waals surface area contributed by atoms with Crippen LogP contribution in [0.3, 0.4) is 0 Å². The molecule has 3 N–H and O–H groups in total. The van der Waals surface area contributed by atoms with Gasteiger partial charge in [0.05, 0.1) is 35.9 Å². The van der Waals surface area contributed by atoms with Crippen molar-refractivity contribution in [3.05, 3.63) is 76.6 Å². The lowest BCUT2D eigenvalue weighted by Crippen LogP contribution is -2.58. The highest BCUT2D eigenvalue weighted by Gasteiger charge is 2.46. The van der Waals surface area contributed by atoms with E-state index in [0.717, 1.165) is 21.6 Å². The summed E-state index contributed by atoms with van der Waals surface area (Å²) in [6.07, 6.45) is 6.24. The van der Waals surface area contributed by atoms with Crippen LogP contribution in [0.15, 0.2) is 54.9 Å². The highest BCUT2D eigenvalue weighted by molar-refractivity contribution is 6.32. The Labute approximate surface area is 216 Å². The second-order valence-electron chi connectivity index (χ2n) is 8.93. The van der Waals surface area contributed by atoms with E-state index in [1.165, 1.54) is 12.3 Å². The number of ether oxygens (including phenoxy) is 1. The average molecular weight is 526 g/mol. The number of aromatic nitrogens is 2. The minimum absolute atomic E-state index is 0.243. The lowest BCUT2D eigenvalue weighted by Gasteiger charge is -2.38. The third-order valence-corrected chi connectivity index (χ3v) is 6.31. The largest absolute Gasteiger partial charge is 0.486 e. The molecule has 0 saturated carbocycles. The zero-order valence-electron chi connectivity index (χ0n) is 19.5. The Kier molecular flexibility index (Phi) is 6.51. The van der Waals surface area contributed by atoms with Crippen molar-refractivity contribution in [3.8, 4) is 17.0 Å². The summed E-state index contributed by atoms with van der Waals surface area (Å²) in [7, 11) is 0. The molecule has 1 unspecified atom stereocenters. The van der Waals surface area contributed by atoms with Crippen molar-refractivity contribution in [1.82, 2.24) is 20.2 Å². The lowest BCUT2D eigenvalue weighted by atomic mass is 10.0. The third-order valence-electron chi connectivity index (χ3n) is 6.03. The summed E-state index contributed by atoms with van der Waals surface area (Å²) >= 11 is 6.46. The van der Waals surface area contributed by atoms with E-state index in [9.17, 15) is 18.4 Å². The molecular formula is C26H22ClF2N5O3. The second kappa shape index (κ2) is 9.78. The summed E-state index contributed by atoms with van der Waals surface area (Å²) in [5, 5.41) is 3.22. The number of likely N-dealkylation sites (tertiary alicyclic amines) is 1. The van der Waals surface area contributed by atoms with Crippen LogP contribution < -0.4 is 15.8 Å². The number of nitrogen functional groups attached to an aromatic ring is 1. The Morgan fingerprint density at radius 2 is 2.00 bits per heavy atom. The second-order valence-corrected chi connectivity index (χ2v) is 9.34. The smallest absolute Gasteiger partial charge is 0.282 e. The molecule has 1 fully saturated rings. The van der Waals surface area contributed by atoms with Crippen LogP contribution in [-0.4, -0.2) is 58.3 Å². The van der Waals surface area contributed by atoms with Crippen molar-refractivity contribution in [2.24, 2.45) is 0 Å². The van der Waals surface area contributed by atoms with Crippen LogP contribution in [0.2, 0.25) is 5.02 Å². The highest BCUT2D eigenvalue weighted by Crippen LogP contribution is 2.39. The summed E-state index contributed by atoms with van der Waals surface area (Å²) in [4.78, 5) is 33.9. The third kappa shape index (κ3) is 5.54. The van der Waals surface area contributed by atoms with Gasteiger partial charge in [0.15, 0.2) is 0 Å². The van der Waals surface area contributed by atoms with Crippen molar-refractivity contribution < 1.29 is 23.1 Å². The highest BCUT2D eigenvalue weighted by atomic mass is 35.5. The van der Waals surface area contributed by atoms with Gasteiger partial charge in [-0.1, -0.05) is 11.6 Å². The quantitative estimate of drug-likeness (QED) is 0.476. The number of benzene rings is 1. The molecule has 8 nitrogen and oxygen atoms in total. The van der Waals surface area contributed by atoms with E-state index in [-0.39, 0.29) is 24.1 Å². The number of carbonyl (C=O) groups excluding carboxylic acids is 2. The van der Waals surface area contributed by atoms with Gasteiger partial charge in [-0.15, -0.1) is 0 Å². The molecule has 5 rings (SSSR count). The molecule has 0 spiro atoms. The Morgan fingerprint density at radius 1 is 1.19 bits per heavy atom. The maximum atomic E-state index is 13.1. The number of hydrogen-bond donors (Lipinski definition) is 2. The molecule has 4 heterocycles. The number of halogens is 3. The first-order chi connectivity index (χ1) is 17.7. The van der Waals surface area contributed by atoms with Gasteiger partial charge in [0.1, 0.15) is 17.7 Å². The number of hydrogen-bond acceptors (Lipinski definition) is 6. The summed E-state index contributed by atoms with van der Waals surface area (Å²) in [6.45, 7) is -0.869. The minimum Gasteiger partial charge on any atom is -0.486 e. The van der Waals surface area contributed by atoms with E-state index in [4.69, 9.17) is 22.1 Å². The van der Waals surface area contributed by atoms with Crippen molar-refractivity contribution >= 4 is 35.3 Å². The van der Waals surface area contributed by atoms with Crippen LogP contribution in [0.25, 0.3) is 17.3 Å². The molecular weight excluding hydrogens is 504 g/mol. The Bertz CT molecular complexity index is 1370. The maximum absolute atomic E-state index is 13.1.